The Balaban J connectivity index is 1.64. The molecule has 46 heavy (non-hydrogen) atoms. The summed E-state index contributed by atoms with van der Waals surface area (Å²) in [5.74, 6) is 1.99. The summed E-state index contributed by atoms with van der Waals surface area (Å²) in [5, 5.41) is 16.5. The fourth-order valence-electron chi connectivity index (χ4n) is 5.06. The van der Waals surface area contributed by atoms with Crippen LogP contribution in [0, 0.1) is 17.0 Å². The van der Waals surface area contributed by atoms with Crippen molar-refractivity contribution in [2.45, 2.75) is 40.2 Å². The van der Waals surface area contributed by atoms with E-state index in [0.29, 0.717) is 51.0 Å². The second-order valence-electron chi connectivity index (χ2n) is 10.8. The molecule has 0 aliphatic rings. The highest BCUT2D eigenvalue weighted by Gasteiger charge is 2.19. The van der Waals surface area contributed by atoms with Crippen molar-refractivity contribution < 1.29 is 19.1 Å². The second-order valence-corrected chi connectivity index (χ2v) is 11.3. The molecule has 1 aromatic heterocycles. The van der Waals surface area contributed by atoms with Gasteiger partial charge in [0.05, 0.1) is 35.8 Å². The summed E-state index contributed by atoms with van der Waals surface area (Å²) in [6.07, 6.45) is 1.48. The zero-order chi connectivity index (χ0) is 33.0. The van der Waals surface area contributed by atoms with Gasteiger partial charge in [-0.1, -0.05) is 37.6 Å². The van der Waals surface area contributed by atoms with Crippen LogP contribution in [0.5, 0.6) is 17.2 Å². The van der Waals surface area contributed by atoms with Gasteiger partial charge in [-0.25, -0.2) is 4.98 Å². The Morgan fingerprint density at radius 2 is 1.78 bits per heavy atom. The Bertz CT molecular complexity index is 2000. The number of hydrogen-bond donors (Lipinski definition) is 0. The average Bonchev–Trinajstić information content (AvgIpc) is 3.03. The van der Waals surface area contributed by atoms with Gasteiger partial charge in [-0.3, -0.25) is 14.9 Å². The minimum atomic E-state index is -0.461. The van der Waals surface area contributed by atoms with Gasteiger partial charge in [-0.05, 0) is 78.9 Å². The number of methoxy groups -OCH3 is 1. The molecular formula is C35H33ClN4O6. The van der Waals surface area contributed by atoms with Crippen LogP contribution in [0.25, 0.3) is 22.3 Å². The maximum Gasteiger partial charge on any atom is 0.282 e. The van der Waals surface area contributed by atoms with Crippen LogP contribution in [0.2, 0.25) is 5.02 Å². The molecule has 11 heteroatoms. The van der Waals surface area contributed by atoms with E-state index in [0.717, 1.165) is 22.4 Å². The van der Waals surface area contributed by atoms with E-state index in [1.165, 1.54) is 30.1 Å². The molecular weight excluding hydrogens is 608 g/mol. The van der Waals surface area contributed by atoms with Crippen molar-refractivity contribution in [2.24, 2.45) is 5.10 Å². The lowest BCUT2D eigenvalue weighted by molar-refractivity contribution is -0.384. The molecule has 0 amide bonds. The lowest BCUT2D eigenvalue weighted by Crippen LogP contribution is -2.21. The van der Waals surface area contributed by atoms with Crippen molar-refractivity contribution in [1.29, 1.82) is 0 Å². The minimum absolute atomic E-state index is 0.0193. The SMILES string of the molecule is CCOc1cc(C)c(-c2nc3ccccc3c(=O)n2N=Cc2cc(Cl)cc(OC)c2OCc2ccc([N+](=O)[O-])cc2)cc1C(C)C. The highest BCUT2D eigenvalue weighted by atomic mass is 35.5. The van der Waals surface area contributed by atoms with Crippen LogP contribution in [-0.4, -0.2) is 34.5 Å². The molecule has 1 heterocycles. The maximum absolute atomic E-state index is 14.0. The molecule has 0 aliphatic carbocycles. The van der Waals surface area contributed by atoms with E-state index in [-0.39, 0.29) is 23.8 Å². The monoisotopic (exact) mass is 640 g/mol. The molecule has 0 bridgehead atoms. The van der Waals surface area contributed by atoms with Gasteiger partial charge < -0.3 is 14.2 Å². The van der Waals surface area contributed by atoms with Crippen LogP contribution in [0.15, 0.2) is 82.7 Å². The highest BCUT2D eigenvalue weighted by Crippen LogP contribution is 2.36. The van der Waals surface area contributed by atoms with Crippen molar-refractivity contribution in [1.82, 2.24) is 9.66 Å². The minimum Gasteiger partial charge on any atom is -0.494 e. The number of fused-ring (bicyclic) bond motifs is 1. The van der Waals surface area contributed by atoms with Crippen molar-refractivity contribution in [2.75, 3.05) is 13.7 Å². The standard InChI is InChI=1S/C35H33ClN4O6/c1-6-45-31-15-22(4)29(18-28(31)21(2)3)34-38-30-10-8-7-9-27(30)35(41)39(34)37-19-24-16-25(36)17-32(44-5)33(24)46-20-23-11-13-26(14-12-23)40(42)43/h7-19,21H,6,20H2,1-5H3. The molecule has 0 spiro atoms. The smallest absolute Gasteiger partial charge is 0.282 e. The summed E-state index contributed by atoms with van der Waals surface area (Å²) >= 11 is 6.44. The van der Waals surface area contributed by atoms with Gasteiger partial charge in [-0.2, -0.15) is 9.78 Å². The number of halogens is 1. The van der Waals surface area contributed by atoms with Crippen LogP contribution in [0.4, 0.5) is 5.69 Å². The van der Waals surface area contributed by atoms with E-state index in [4.69, 9.17) is 30.8 Å². The maximum atomic E-state index is 14.0. The molecule has 0 aliphatic heterocycles. The van der Waals surface area contributed by atoms with E-state index in [1.807, 2.05) is 32.0 Å². The van der Waals surface area contributed by atoms with Gasteiger partial charge in [0, 0.05) is 34.3 Å². The fourth-order valence-corrected chi connectivity index (χ4v) is 5.27. The van der Waals surface area contributed by atoms with E-state index in [9.17, 15) is 14.9 Å². The first-order chi connectivity index (χ1) is 22.1. The first-order valence-electron chi connectivity index (χ1n) is 14.7. The third kappa shape index (κ3) is 6.72. The number of aryl methyl sites for hydroxylation is 1. The van der Waals surface area contributed by atoms with E-state index < -0.39 is 4.92 Å². The average molecular weight is 641 g/mol. The third-order valence-electron chi connectivity index (χ3n) is 7.38. The summed E-state index contributed by atoms with van der Waals surface area (Å²) < 4.78 is 18.9. The molecule has 5 rings (SSSR count). The number of para-hydroxylation sites is 1. The predicted molar refractivity (Wildman–Crippen MR) is 180 cm³/mol. The molecule has 0 unspecified atom stereocenters. The number of rotatable bonds is 11. The molecule has 0 fully saturated rings. The van der Waals surface area contributed by atoms with Gasteiger partial charge >= 0.3 is 0 Å². The van der Waals surface area contributed by atoms with Crippen LogP contribution < -0.4 is 19.8 Å². The molecule has 0 saturated carbocycles. The summed E-state index contributed by atoms with van der Waals surface area (Å²) in [7, 11) is 1.49. The number of nitrogens with zero attached hydrogens (tertiary/aromatic N) is 4. The Labute approximate surface area is 271 Å². The van der Waals surface area contributed by atoms with Gasteiger partial charge in [0.1, 0.15) is 12.4 Å². The summed E-state index contributed by atoms with van der Waals surface area (Å²) in [6.45, 7) is 8.67. The van der Waals surface area contributed by atoms with E-state index in [2.05, 4.69) is 18.9 Å². The number of non-ortho nitro benzene ring substituents is 1. The fraction of sp³-hybridized carbons (Fsp3) is 0.229. The Kier molecular flexibility index (Phi) is 9.67. The van der Waals surface area contributed by atoms with Gasteiger partial charge in [0.25, 0.3) is 11.2 Å². The summed E-state index contributed by atoms with van der Waals surface area (Å²) in [5.41, 5.74) is 3.93. The molecule has 0 radical (unpaired) electrons. The summed E-state index contributed by atoms with van der Waals surface area (Å²) in [6, 6.07) is 20.4. The third-order valence-corrected chi connectivity index (χ3v) is 7.60. The molecule has 4 aromatic carbocycles. The van der Waals surface area contributed by atoms with E-state index >= 15 is 0 Å². The highest BCUT2D eigenvalue weighted by molar-refractivity contribution is 6.31. The van der Waals surface area contributed by atoms with Crippen molar-refractivity contribution in [3.63, 3.8) is 0 Å². The van der Waals surface area contributed by atoms with Gasteiger partial charge in [0.2, 0.25) is 0 Å². The number of hydrogen-bond acceptors (Lipinski definition) is 8. The molecule has 236 valence electrons. The number of ether oxygens (including phenoxy) is 3. The van der Waals surface area contributed by atoms with Gasteiger partial charge in [-0.15, -0.1) is 0 Å². The Hall–Kier alpha value is -5.22. The first kappa shape index (κ1) is 32.2. The van der Waals surface area contributed by atoms with Crippen LogP contribution in [0.1, 0.15) is 48.9 Å². The summed E-state index contributed by atoms with van der Waals surface area (Å²) in [4.78, 5) is 29.5. The first-order valence-corrected chi connectivity index (χ1v) is 15.1. The van der Waals surface area contributed by atoms with Crippen molar-refractivity contribution in [3.8, 4) is 28.6 Å². The largest absolute Gasteiger partial charge is 0.494 e. The molecule has 0 atom stereocenters. The molecule has 0 N–H and O–H groups in total. The zero-order valence-electron chi connectivity index (χ0n) is 26.1. The van der Waals surface area contributed by atoms with Crippen LogP contribution in [-0.2, 0) is 6.61 Å². The van der Waals surface area contributed by atoms with Crippen LogP contribution >= 0.6 is 11.6 Å². The molecule has 10 nitrogen and oxygen atoms in total. The van der Waals surface area contributed by atoms with Gasteiger partial charge in [0.15, 0.2) is 17.3 Å². The van der Waals surface area contributed by atoms with E-state index in [1.54, 1.807) is 42.5 Å². The number of nitro benzene ring substituents is 1. The zero-order valence-corrected chi connectivity index (χ0v) is 26.9. The lowest BCUT2D eigenvalue weighted by atomic mass is 9.96. The number of benzene rings is 4. The number of nitro groups is 1. The van der Waals surface area contributed by atoms with Crippen molar-refractivity contribution in [3.05, 3.63) is 121 Å². The Morgan fingerprint density at radius 3 is 2.46 bits per heavy atom. The number of aromatic nitrogens is 2. The van der Waals surface area contributed by atoms with Crippen molar-refractivity contribution >= 4 is 34.4 Å². The Morgan fingerprint density at radius 1 is 1.04 bits per heavy atom. The predicted octanol–water partition coefficient (Wildman–Crippen LogP) is 7.93. The topological polar surface area (TPSA) is 118 Å². The second kappa shape index (κ2) is 13.8. The van der Waals surface area contributed by atoms with Crippen LogP contribution in [0.3, 0.4) is 0 Å². The molecule has 5 aromatic rings. The quantitative estimate of drug-likeness (QED) is 0.0817. The molecule has 0 saturated heterocycles. The lowest BCUT2D eigenvalue weighted by Gasteiger charge is -2.18. The normalized spacial score (nSPS) is 11.4.